The molecule has 0 saturated carbocycles. The fraction of sp³-hybridized carbons (Fsp3) is 0.412. The average Bonchev–Trinajstić information content (AvgIpc) is 2.97. The normalized spacial score (nSPS) is 18.3. The molecule has 23 heavy (non-hydrogen) atoms. The number of carbonyl (C=O) groups excluding carboxylic acids is 1. The van der Waals surface area contributed by atoms with Gasteiger partial charge in [0.15, 0.2) is 0 Å². The molecule has 3 rings (SSSR count). The van der Waals surface area contributed by atoms with Crippen LogP contribution in [0.4, 0.5) is 10.1 Å². The van der Waals surface area contributed by atoms with E-state index in [1.165, 1.54) is 23.4 Å². The first-order valence-corrected chi connectivity index (χ1v) is 7.93. The van der Waals surface area contributed by atoms with Crippen LogP contribution in [-0.2, 0) is 17.6 Å². The first kappa shape index (κ1) is 15.7. The lowest BCUT2D eigenvalue weighted by Gasteiger charge is -2.26. The molecule has 122 valence electrons. The first-order chi connectivity index (χ1) is 11.1. The van der Waals surface area contributed by atoms with E-state index in [4.69, 9.17) is 0 Å². The molecule has 0 unspecified atom stereocenters. The van der Waals surface area contributed by atoms with Crippen molar-refractivity contribution in [3.63, 3.8) is 0 Å². The quantitative estimate of drug-likeness (QED) is 0.793. The number of hydrogen-bond donors (Lipinski definition) is 3. The van der Waals surface area contributed by atoms with E-state index in [1.54, 1.807) is 12.1 Å². The summed E-state index contributed by atoms with van der Waals surface area (Å²) in [5, 5.41) is 13.4. The predicted molar refractivity (Wildman–Crippen MR) is 86.6 cm³/mol. The van der Waals surface area contributed by atoms with Crippen molar-refractivity contribution in [2.75, 3.05) is 5.32 Å². The fourth-order valence-electron chi connectivity index (χ4n) is 3.04. The van der Waals surface area contributed by atoms with E-state index < -0.39 is 0 Å². The van der Waals surface area contributed by atoms with Crippen molar-refractivity contribution in [2.45, 2.75) is 44.7 Å². The minimum atomic E-state index is -0.311. The number of benzene rings is 1. The van der Waals surface area contributed by atoms with Crippen molar-refractivity contribution in [3.8, 4) is 0 Å². The van der Waals surface area contributed by atoms with Crippen LogP contribution in [0.15, 0.2) is 30.5 Å². The van der Waals surface area contributed by atoms with Crippen LogP contribution in [0.1, 0.15) is 31.0 Å². The topological polar surface area (TPSA) is 69.8 Å². The molecule has 0 aliphatic heterocycles. The molecule has 1 aliphatic carbocycles. The van der Waals surface area contributed by atoms with Gasteiger partial charge in [-0.1, -0.05) is 0 Å². The van der Waals surface area contributed by atoms with E-state index in [2.05, 4.69) is 20.8 Å². The number of anilines is 1. The summed E-state index contributed by atoms with van der Waals surface area (Å²) in [6, 6.07) is 6.24. The zero-order valence-electron chi connectivity index (χ0n) is 13.1. The molecule has 1 heterocycles. The Labute approximate surface area is 134 Å². The third kappa shape index (κ3) is 4.16. The van der Waals surface area contributed by atoms with E-state index in [0.717, 1.165) is 19.3 Å². The lowest BCUT2D eigenvalue weighted by Crippen LogP contribution is -2.41. The smallest absolute Gasteiger partial charge is 0.225 e. The fourth-order valence-corrected chi connectivity index (χ4v) is 3.04. The number of aryl methyl sites for hydroxylation is 1. The monoisotopic (exact) mass is 316 g/mol. The zero-order valence-corrected chi connectivity index (χ0v) is 13.1. The van der Waals surface area contributed by atoms with Gasteiger partial charge < -0.3 is 10.6 Å². The standard InChI is InChI=1S/C17H21FN4O/c1-11(8-17(23)21-14-4-2-13(18)3-5-14)20-15-6-7-16-12(9-15)10-19-22-16/h2-5,10-11,15,20H,6-9H2,1H3,(H,19,22)(H,21,23)/t11-,15-/m0/s1. The number of aromatic amines is 1. The highest BCUT2D eigenvalue weighted by Gasteiger charge is 2.22. The maximum atomic E-state index is 12.8. The Hall–Kier alpha value is -2.21. The van der Waals surface area contributed by atoms with Crippen LogP contribution in [-0.4, -0.2) is 28.2 Å². The van der Waals surface area contributed by atoms with Crippen molar-refractivity contribution < 1.29 is 9.18 Å². The second-order valence-corrected chi connectivity index (χ2v) is 6.14. The molecule has 0 spiro atoms. The summed E-state index contributed by atoms with van der Waals surface area (Å²) in [5.41, 5.74) is 3.10. The lowest BCUT2D eigenvalue weighted by atomic mass is 9.93. The molecule has 6 heteroatoms. The molecular formula is C17H21FN4O. The van der Waals surface area contributed by atoms with Gasteiger partial charge in [0.1, 0.15) is 5.82 Å². The molecule has 1 aliphatic rings. The minimum absolute atomic E-state index is 0.0728. The molecule has 1 aromatic heterocycles. The van der Waals surface area contributed by atoms with Crippen molar-refractivity contribution in [3.05, 3.63) is 47.5 Å². The molecule has 1 amide bonds. The molecule has 2 atom stereocenters. The van der Waals surface area contributed by atoms with Crippen LogP contribution in [0.5, 0.6) is 0 Å². The number of nitrogens with zero attached hydrogens (tertiary/aromatic N) is 1. The van der Waals surface area contributed by atoms with Crippen LogP contribution < -0.4 is 10.6 Å². The Bertz CT molecular complexity index is 667. The summed E-state index contributed by atoms with van der Waals surface area (Å²) in [6.07, 6.45) is 5.23. The van der Waals surface area contributed by atoms with Gasteiger partial charge in [0.2, 0.25) is 5.91 Å². The molecule has 3 N–H and O–H groups in total. The molecule has 5 nitrogen and oxygen atoms in total. The number of rotatable bonds is 5. The number of aromatic nitrogens is 2. The molecule has 0 radical (unpaired) electrons. The van der Waals surface area contributed by atoms with Crippen LogP contribution in [0, 0.1) is 5.82 Å². The molecule has 0 fully saturated rings. The average molecular weight is 316 g/mol. The maximum Gasteiger partial charge on any atom is 0.225 e. The Kier molecular flexibility index (Phi) is 4.71. The van der Waals surface area contributed by atoms with Crippen molar-refractivity contribution in [2.24, 2.45) is 0 Å². The third-order valence-corrected chi connectivity index (χ3v) is 4.16. The van der Waals surface area contributed by atoms with Crippen LogP contribution in [0.3, 0.4) is 0 Å². The van der Waals surface area contributed by atoms with E-state index in [9.17, 15) is 9.18 Å². The number of halogens is 1. The lowest BCUT2D eigenvalue weighted by molar-refractivity contribution is -0.116. The summed E-state index contributed by atoms with van der Waals surface area (Å²) >= 11 is 0. The summed E-state index contributed by atoms with van der Waals surface area (Å²) in [7, 11) is 0. The van der Waals surface area contributed by atoms with Crippen molar-refractivity contribution in [1.82, 2.24) is 15.5 Å². The maximum absolute atomic E-state index is 12.8. The van der Waals surface area contributed by atoms with Gasteiger partial charge >= 0.3 is 0 Å². The van der Waals surface area contributed by atoms with Crippen LogP contribution in [0.2, 0.25) is 0 Å². The highest BCUT2D eigenvalue weighted by Crippen LogP contribution is 2.19. The summed E-state index contributed by atoms with van der Waals surface area (Å²) < 4.78 is 12.8. The molecule has 0 bridgehead atoms. The van der Waals surface area contributed by atoms with Gasteiger partial charge in [-0.15, -0.1) is 0 Å². The molecule has 1 aromatic carbocycles. The Morgan fingerprint density at radius 2 is 2.22 bits per heavy atom. The van der Waals surface area contributed by atoms with Gasteiger partial charge in [0.05, 0.1) is 6.20 Å². The van der Waals surface area contributed by atoms with Gasteiger partial charge in [-0.2, -0.15) is 5.10 Å². The first-order valence-electron chi connectivity index (χ1n) is 7.93. The summed E-state index contributed by atoms with van der Waals surface area (Å²) in [6.45, 7) is 2.01. The second-order valence-electron chi connectivity index (χ2n) is 6.14. The molecule has 2 aromatic rings. The van der Waals surface area contributed by atoms with Crippen LogP contribution in [0.25, 0.3) is 0 Å². The van der Waals surface area contributed by atoms with Gasteiger partial charge in [-0.05, 0) is 56.0 Å². The predicted octanol–water partition coefficient (Wildman–Crippen LogP) is 2.41. The largest absolute Gasteiger partial charge is 0.326 e. The highest BCUT2D eigenvalue weighted by atomic mass is 19.1. The number of hydrogen-bond acceptors (Lipinski definition) is 3. The van der Waals surface area contributed by atoms with Crippen molar-refractivity contribution >= 4 is 11.6 Å². The zero-order chi connectivity index (χ0) is 16.2. The molecule has 0 saturated heterocycles. The van der Waals surface area contributed by atoms with Crippen LogP contribution >= 0.6 is 0 Å². The third-order valence-electron chi connectivity index (χ3n) is 4.16. The summed E-state index contributed by atoms with van der Waals surface area (Å²) in [4.78, 5) is 12.0. The Morgan fingerprint density at radius 3 is 3.00 bits per heavy atom. The van der Waals surface area contributed by atoms with E-state index in [-0.39, 0.29) is 17.8 Å². The number of H-pyrrole nitrogens is 1. The van der Waals surface area contributed by atoms with E-state index >= 15 is 0 Å². The van der Waals surface area contributed by atoms with Gasteiger partial charge in [-0.3, -0.25) is 9.89 Å². The van der Waals surface area contributed by atoms with E-state index in [1.807, 2.05) is 13.1 Å². The van der Waals surface area contributed by atoms with Crippen molar-refractivity contribution in [1.29, 1.82) is 0 Å². The van der Waals surface area contributed by atoms with E-state index in [0.29, 0.717) is 18.2 Å². The Morgan fingerprint density at radius 1 is 1.43 bits per heavy atom. The van der Waals surface area contributed by atoms with Gasteiger partial charge in [0, 0.05) is 29.9 Å². The number of nitrogens with one attached hydrogen (secondary N) is 3. The Balaban J connectivity index is 1.46. The number of carbonyl (C=O) groups is 1. The van der Waals surface area contributed by atoms with Gasteiger partial charge in [0.25, 0.3) is 0 Å². The van der Waals surface area contributed by atoms with Gasteiger partial charge in [-0.25, -0.2) is 4.39 Å². The number of amides is 1. The second kappa shape index (κ2) is 6.91. The molecular weight excluding hydrogens is 295 g/mol. The summed E-state index contributed by atoms with van der Waals surface area (Å²) in [5.74, 6) is -0.384. The highest BCUT2D eigenvalue weighted by molar-refractivity contribution is 5.91. The number of fused-ring (bicyclic) bond motifs is 1. The SMILES string of the molecule is C[C@@H](CC(=O)Nc1ccc(F)cc1)N[C@H]1CCc2[nH]ncc2C1. The minimum Gasteiger partial charge on any atom is -0.326 e.